The Labute approximate surface area is 159 Å². The Balaban J connectivity index is 2.34. The van der Waals surface area contributed by atoms with Gasteiger partial charge in [0.15, 0.2) is 0 Å². The Morgan fingerprint density at radius 3 is 2.00 bits per heavy atom. The van der Waals surface area contributed by atoms with Crippen molar-refractivity contribution in [3.8, 4) is 0 Å². The van der Waals surface area contributed by atoms with Gasteiger partial charge in [0.2, 0.25) is 5.91 Å². The van der Waals surface area contributed by atoms with Crippen LogP contribution in [0.3, 0.4) is 0 Å². The van der Waals surface area contributed by atoms with Crippen LogP contribution < -0.4 is 5.32 Å². The van der Waals surface area contributed by atoms with Gasteiger partial charge in [-0.3, -0.25) is 13.9 Å². The minimum absolute atomic E-state index is 0.0327. The van der Waals surface area contributed by atoms with Crippen LogP contribution in [-0.2, 0) is 25.0 Å². The molecule has 0 aliphatic rings. The molecular weight excluding hydrogens is 422 g/mol. The lowest BCUT2D eigenvalue weighted by Gasteiger charge is -2.08. The molecule has 2 rings (SSSR count). The van der Waals surface area contributed by atoms with Crippen molar-refractivity contribution in [2.75, 3.05) is 11.2 Å². The van der Waals surface area contributed by atoms with Crippen LogP contribution in [0.25, 0.3) is 0 Å². The molecule has 144 valence electrons. The van der Waals surface area contributed by atoms with Crippen molar-refractivity contribution in [1.29, 1.82) is 0 Å². The quantitative estimate of drug-likeness (QED) is 0.358. The molecule has 10 nitrogen and oxygen atoms in total. The van der Waals surface area contributed by atoms with Crippen molar-refractivity contribution in [2.45, 2.75) is 9.79 Å². The summed E-state index contributed by atoms with van der Waals surface area (Å²) in [7, 11) is -9.01. The van der Waals surface area contributed by atoms with Crippen LogP contribution in [0.2, 0.25) is 0 Å². The second-order valence-electron chi connectivity index (χ2n) is 5.01. The predicted octanol–water partition coefficient (Wildman–Crippen LogP) is 2.77. The monoisotopic (exact) mass is 433 g/mol. The minimum atomic E-state index is -4.67. The Bertz CT molecular complexity index is 1100. The Kier molecular flexibility index (Phi) is 6.28. The van der Waals surface area contributed by atoms with Crippen LogP contribution >= 0.6 is 11.6 Å². The predicted molar refractivity (Wildman–Crippen MR) is 96.0 cm³/mol. The van der Waals surface area contributed by atoms with Crippen molar-refractivity contribution in [2.24, 2.45) is 10.2 Å². The molecule has 0 aromatic heterocycles. The van der Waals surface area contributed by atoms with E-state index in [0.717, 1.165) is 18.2 Å². The van der Waals surface area contributed by atoms with Gasteiger partial charge in [-0.25, -0.2) is 0 Å². The third-order valence-corrected chi connectivity index (χ3v) is 5.06. The first-order valence-electron chi connectivity index (χ1n) is 6.97. The molecule has 0 saturated heterocycles. The van der Waals surface area contributed by atoms with E-state index in [4.69, 9.17) is 16.2 Å². The summed E-state index contributed by atoms with van der Waals surface area (Å²) < 4.78 is 63.1. The molecule has 0 aliphatic heterocycles. The van der Waals surface area contributed by atoms with E-state index >= 15 is 0 Å². The number of nitrogens with zero attached hydrogens (tertiary/aromatic N) is 2. The highest BCUT2D eigenvalue weighted by molar-refractivity contribution is 7.86. The zero-order valence-electron chi connectivity index (χ0n) is 13.3. The van der Waals surface area contributed by atoms with Crippen molar-refractivity contribution >= 4 is 54.8 Å². The highest BCUT2D eigenvalue weighted by atomic mass is 35.5. The van der Waals surface area contributed by atoms with Crippen molar-refractivity contribution in [1.82, 2.24) is 0 Å². The number of carbonyl (C=O) groups excluding carboxylic acids is 1. The average Bonchev–Trinajstić information content (AvgIpc) is 2.59. The van der Waals surface area contributed by atoms with Gasteiger partial charge in [-0.2, -0.15) is 27.1 Å². The number of halogens is 1. The van der Waals surface area contributed by atoms with Gasteiger partial charge in [-0.15, -0.1) is 11.6 Å². The number of nitrogens with one attached hydrogen (secondary N) is 1. The summed E-state index contributed by atoms with van der Waals surface area (Å²) in [5.74, 6) is -1.08. The summed E-state index contributed by atoms with van der Waals surface area (Å²) in [6, 6.07) is 8.26. The smallest absolute Gasteiger partial charge is 0.296 e. The number of amides is 1. The fraction of sp³-hybridized carbons (Fsp3) is 0.0714. The Morgan fingerprint density at radius 2 is 1.48 bits per heavy atom. The van der Waals surface area contributed by atoms with E-state index in [1.807, 2.05) is 0 Å². The van der Waals surface area contributed by atoms with Crippen LogP contribution in [0.15, 0.2) is 62.5 Å². The normalized spacial score (nSPS) is 12.3. The molecule has 0 fully saturated rings. The number of carbonyl (C=O) groups is 1. The Hall–Kier alpha value is -2.38. The highest BCUT2D eigenvalue weighted by Gasteiger charge is 2.18. The number of benzene rings is 2. The third kappa shape index (κ3) is 5.80. The van der Waals surface area contributed by atoms with Crippen molar-refractivity contribution in [3.05, 3.63) is 42.5 Å². The van der Waals surface area contributed by atoms with Gasteiger partial charge in [-0.1, -0.05) is 0 Å². The topological polar surface area (TPSA) is 163 Å². The molecule has 0 spiro atoms. The molecule has 0 unspecified atom stereocenters. The van der Waals surface area contributed by atoms with E-state index in [-0.39, 0.29) is 22.0 Å². The molecule has 0 saturated carbocycles. The molecule has 13 heteroatoms. The van der Waals surface area contributed by atoms with Gasteiger partial charge < -0.3 is 5.32 Å². The first-order chi connectivity index (χ1) is 12.5. The summed E-state index contributed by atoms with van der Waals surface area (Å²) in [5, 5.41) is 9.80. The number of azo groups is 1. The van der Waals surface area contributed by atoms with Gasteiger partial charge in [0.05, 0.1) is 22.0 Å². The van der Waals surface area contributed by atoms with E-state index < -0.39 is 36.9 Å². The first-order valence-corrected chi connectivity index (χ1v) is 10.4. The molecule has 2 aromatic rings. The zero-order valence-corrected chi connectivity index (χ0v) is 15.7. The number of hydrogen-bond donors (Lipinski definition) is 3. The lowest BCUT2D eigenvalue weighted by molar-refractivity contribution is -0.113. The maximum atomic E-state index is 11.5. The molecule has 0 heterocycles. The van der Waals surface area contributed by atoms with Gasteiger partial charge in [0, 0.05) is 0 Å². The second-order valence-corrected chi connectivity index (χ2v) is 8.09. The first kappa shape index (κ1) is 20.9. The second kappa shape index (κ2) is 8.10. The van der Waals surface area contributed by atoms with Crippen LogP contribution in [-0.4, -0.2) is 37.7 Å². The van der Waals surface area contributed by atoms with E-state index in [1.165, 1.54) is 24.3 Å². The molecule has 3 N–H and O–H groups in total. The van der Waals surface area contributed by atoms with Gasteiger partial charge in [0.1, 0.15) is 10.8 Å². The van der Waals surface area contributed by atoms with E-state index in [1.54, 1.807) is 0 Å². The Morgan fingerprint density at radius 1 is 0.926 bits per heavy atom. The highest BCUT2D eigenvalue weighted by Crippen LogP contribution is 2.28. The average molecular weight is 434 g/mol. The minimum Gasteiger partial charge on any atom is -0.324 e. The number of anilines is 1. The summed E-state index contributed by atoms with van der Waals surface area (Å²) >= 11 is 5.35. The maximum Gasteiger partial charge on any atom is 0.296 e. The molecule has 27 heavy (non-hydrogen) atoms. The fourth-order valence-electron chi connectivity index (χ4n) is 1.87. The van der Waals surface area contributed by atoms with Crippen LogP contribution in [0.5, 0.6) is 0 Å². The molecule has 0 aliphatic carbocycles. The third-order valence-electron chi connectivity index (χ3n) is 3.05. The molecule has 1 amide bonds. The van der Waals surface area contributed by atoms with E-state index in [9.17, 15) is 26.2 Å². The van der Waals surface area contributed by atoms with Crippen LogP contribution in [0.1, 0.15) is 0 Å². The van der Waals surface area contributed by atoms with Gasteiger partial charge in [0.25, 0.3) is 20.2 Å². The van der Waals surface area contributed by atoms with Crippen LogP contribution in [0, 0.1) is 0 Å². The SMILES string of the molecule is O=C(CCl)Nc1ccc(/N=N/c2ccc(S(=O)(=O)O)cc2)cc1S(=O)(=O)O. The molecular formula is C14H12ClN3O7S2. The summed E-state index contributed by atoms with van der Waals surface area (Å²) in [5.41, 5.74) is 0.0697. The summed E-state index contributed by atoms with van der Waals surface area (Å²) in [4.78, 5) is 10.4. The summed E-state index contributed by atoms with van der Waals surface area (Å²) in [6.07, 6.45) is 0. The van der Waals surface area contributed by atoms with E-state index in [0.29, 0.717) is 0 Å². The molecule has 0 bridgehead atoms. The summed E-state index contributed by atoms with van der Waals surface area (Å²) in [6.45, 7) is 0. The standard InChI is InChI=1S/C14H12ClN3O7S2/c15-8-14(19)16-12-6-3-10(7-13(12)27(23,24)25)18-17-9-1-4-11(5-2-9)26(20,21)22/h1-7H,8H2,(H,16,19)(H,20,21,22)(H,23,24,25)/b18-17+. The molecule has 0 atom stereocenters. The lowest BCUT2D eigenvalue weighted by atomic mass is 10.3. The van der Waals surface area contributed by atoms with Gasteiger partial charge in [-0.05, 0) is 42.5 Å². The fourth-order valence-corrected chi connectivity index (χ4v) is 3.09. The van der Waals surface area contributed by atoms with E-state index in [2.05, 4.69) is 15.5 Å². The van der Waals surface area contributed by atoms with Gasteiger partial charge >= 0.3 is 0 Å². The van der Waals surface area contributed by atoms with Crippen LogP contribution in [0.4, 0.5) is 17.1 Å². The maximum absolute atomic E-state index is 11.5. The van der Waals surface area contributed by atoms with Crippen molar-refractivity contribution < 1.29 is 30.7 Å². The number of hydrogen-bond acceptors (Lipinski definition) is 7. The number of rotatable bonds is 6. The lowest BCUT2D eigenvalue weighted by Crippen LogP contribution is -2.15. The number of alkyl halides is 1. The van der Waals surface area contributed by atoms with Crippen molar-refractivity contribution in [3.63, 3.8) is 0 Å². The largest absolute Gasteiger partial charge is 0.324 e. The molecule has 0 radical (unpaired) electrons. The molecule has 2 aromatic carbocycles. The zero-order chi connectivity index (χ0) is 20.2.